The van der Waals surface area contributed by atoms with E-state index in [1.807, 2.05) is 13.8 Å². The van der Waals surface area contributed by atoms with Crippen LogP contribution in [0.5, 0.6) is 0 Å². The highest BCUT2D eigenvalue weighted by Gasteiger charge is 2.17. The Bertz CT molecular complexity index is 223. The summed E-state index contributed by atoms with van der Waals surface area (Å²) in [5, 5.41) is 19.0. The topological polar surface area (TPSA) is 44.9 Å². The van der Waals surface area contributed by atoms with Crippen molar-refractivity contribution >= 4 is 0 Å². The summed E-state index contributed by atoms with van der Waals surface area (Å²) < 4.78 is 0. The Morgan fingerprint density at radius 3 is 1.89 bits per heavy atom. The van der Waals surface area contributed by atoms with Gasteiger partial charge < -0.3 is 15.1 Å². The zero-order valence-corrected chi connectivity index (χ0v) is 12.7. The van der Waals surface area contributed by atoms with E-state index in [0.29, 0.717) is 5.92 Å². The molecular weight excluding hydrogens is 226 g/mol. The van der Waals surface area contributed by atoms with Crippen molar-refractivity contribution in [2.45, 2.75) is 59.7 Å². The van der Waals surface area contributed by atoms with Gasteiger partial charge in [0.2, 0.25) is 0 Å². The molecule has 0 saturated heterocycles. The molecule has 0 fully saturated rings. The van der Waals surface area contributed by atoms with Gasteiger partial charge >= 0.3 is 0 Å². The van der Waals surface area contributed by atoms with Crippen LogP contribution in [0.2, 0.25) is 0 Å². The summed E-state index contributed by atoms with van der Waals surface area (Å²) in [5.41, 5.74) is 1.37. The highest BCUT2D eigenvalue weighted by Crippen LogP contribution is 2.05. The first-order chi connectivity index (χ1) is 8.31. The average molecular weight is 258 g/mol. The number of rotatable bonds is 9. The van der Waals surface area contributed by atoms with Gasteiger partial charge in [0.25, 0.3) is 0 Å². The van der Waals surface area contributed by atoms with Crippen molar-refractivity contribution in [1.29, 1.82) is 0 Å². The summed E-state index contributed by atoms with van der Waals surface area (Å²) in [6.07, 6.45) is 3.97. The molecule has 3 heteroatoms. The molecule has 0 aliphatic rings. The molecule has 0 aliphatic heterocycles. The minimum Gasteiger partial charge on any atom is -0.388 e. The fourth-order valence-corrected chi connectivity index (χ4v) is 2.34. The zero-order valence-electron chi connectivity index (χ0n) is 12.7. The maximum absolute atomic E-state index is 9.49. The van der Waals surface area contributed by atoms with Crippen molar-refractivity contribution in [3.05, 3.63) is 11.6 Å². The summed E-state index contributed by atoms with van der Waals surface area (Å²) in [7, 11) is 0. The van der Waals surface area contributed by atoms with Crippen molar-refractivity contribution in [3.63, 3.8) is 0 Å². The van der Waals surface area contributed by atoms with Crippen LogP contribution in [-0.2, 0) is 0 Å². The van der Waals surface area contributed by atoms with E-state index >= 15 is 0 Å². The minimum absolute atomic E-state index is 0.302. The first kappa shape index (κ1) is 17.6. The van der Waals surface area contributed by atoms with Crippen molar-refractivity contribution in [3.8, 4) is 0 Å². The molecule has 0 heterocycles. The van der Waals surface area contributed by atoms with Gasteiger partial charge in [0.15, 0.2) is 0 Å². The van der Waals surface area contributed by atoms with Crippen LogP contribution >= 0.6 is 0 Å². The molecular formula is C15H32NO2+. The van der Waals surface area contributed by atoms with Crippen LogP contribution in [0.4, 0.5) is 0 Å². The van der Waals surface area contributed by atoms with E-state index in [1.54, 1.807) is 0 Å². The minimum atomic E-state index is -0.302. The summed E-state index contributed by atoms with van der Waals surface area (Å²) in [4.78, 5) is 1.30. The molecule has 0 aromatic rings. The number of hydrogen-bond acceptors (Lipinski definition) is 2. The van der Waals surface area contributed by atoms with Gasteiger partial charge in [0.05, 0.1) is 6.54 Å². The third-order valence-corrected chi connectivity index (χ3v) is 3.02. The molecule has 0 saturated carbocycles. The van der Waals surface area contributed by atoms with Crippen molar-refractivity contribution in [2.24, 2.45) is 5.92 Å². The molecule has 0 rings (SSSR count). The van der Waals surface area contributed by atoms with E-state index in [-0.39, 0.29) is 12.2 Å². The molecule has 3 N–H and O–H groups in total. The molecule has 108 valence electrons. The van der Waals surface area contributed by atoms with Gasteiger partial charge in [0, 0.05) is 5.92 Å². The highest BCUT2D eigenvalue weighted by molar-refractivity contribution is 4.92. The summed E-state index contributed by atoms with van der Waals surface area (Å²) in [5.74, 6) is 0.619. The van der Waals surface area contributed by atoms with E-state index in [4.69, 9.17) is 0 Å². The van der Waals surface area contributed by atoms with E-state index in [0.717, 1.165) is 26.1 Å². The Hall–Kier alpha value is -0.380. The van der Waals surface area contributed by atoms with Crippen LogP contribution < -0.4 is 4.90 Å². The lowest BCUT2D eigenvalue weighted by Crippen LogP contribution is -3.14. The maximum atomic E-state index is 9.49. The largest absolute Gasteiger partial charge is 0.388 e. The third kappa shape index (κ3) is 10.8. The fraction of sp³-hybridized carbons (Fsp3) is 0.867. The van der Waals surface area contributed by atoms with Crippen molar-refractivity contribution < 1.29 is 15.1 Å². The van der Waals surface area contributed by atoms with Crippen LogP contribution in [0.1, 0.15) is 47.5 Å². The molecule has 18 heavy (non-hydrogen) atoms. The van der Waals surface area contributed by atoms with E-state index in [2.05, 4.69) is 26.8 Å². The third-order valence-electron chi connectivity index (χ3n) is 3.02. The quantitative estimate of drug-likeness (QED) is 0.541. The molecule has 0 radical (unpaired) electrons. The number of aliphatic hydroxyl groups excluding tert-OH is 2. The fourth-order valence-electron chi connectivity index (χ4n) is 2.34. The summed E-state index contributed by atoms with van der Waals surface area (Å²) >= 11 is 0. The molecule has 0 aromatic carbocycles. The van der Waals surface area contributed by atoms with E-state index in [9.17, 15) is 10.2 Å². The Morgan fingerprint density at radius 2 is 1.50 bits per heavy atom. The summed E-state index contributed by atoms with van der Waals surface area (Å²) in [6, 6.07) is 0. The molecule has 0 aliphatic carbocycles. The van der Waals surface area contributed by atoms with Crippen LogP contribution in [0.25, 0.3) is 0 Å². The van der Waals surface area contributed by atoms with Crippen molar-refractivity contribution in [2.75, 3.05) is 19.6 Å². The van der Waals surface area contributed by atoms with Crippen molar-refractivity contribution in [1.82, 2.24) is 0 Å². The predicted molar refractivity (Wildman–Crippen MR) is 76.8 cm³/mol. The first-order valence-electron chi connectivity index (χ1n) is 7.14. The monoisotopic (exact) mass is 258 g/mol. The molecule has 3 atom stereocenters. The van der Waals surface area contributed by atoms with Crippen LogP contribution in [0, 0.1) is 5.92 Å². The highest BCUT2D eigenvalue weighted by atomic mass is 16.3. The van der Waals surface area contributed by atoms with Crippen LogP contribution in [0.15, 0.2) is 11.6 Å². The standard InChI is InChI=1S/C15H31NO2/c1-12(2)7-6-8-13(3)9-16(10-14(4)17)11-15(5)18/h7,13-15,17-18H,6,8-11H2,1-5H3/p+1/t13-,14-,15-/m1/s1. The Morgan fingerprint density at radius 1 is 1.00 bits per heavy atom. The molecule has 0 bridgehead atoms. The number of nitrogens with one attached hydrogen (secondary N) is 1. The lowest BCUT2D eigenvalue weighted by molar-refractivity contribution is -0.909. The van der Waals surface area contributed by atoms with E-state index < -0.39 is 0 Å². The van der Waals surface area contributed by atoms with Crippen LogP contribution in [0.3, 0.4) is 0 Å². The molecule has 0 amide bonds. The first-order valence-corrected chi connectivity index (χ1v) is 7.14. The lowest BCUT2D eigenvalue weighted by Gasteiger charge is -2.25. The van der Waals surface area contributed by atoms with Gasteiger partial charge in [-0.05, 0) is 40.5 Å². The Kier molecular flexibility index (Phi) is 9.34. The average Bonchev–Trinajstić information content (AvgIpc) is 2.13. The van der Waals surface area contributed by atoms with Gasteiger partial charge in [-0.1, -0.05) is 18.6 Å². The molecule has 0 aromatic heterocycles. The Labute approximate surface area is 113 Å². The zero-order chi connectivity index (χ0) is 14.1. The lowest BCUT2D eigenvalue weighted by atomic mass is 10.0. The second kappa shape index (κ2) is 9.54. The predicted octanol–water partition coefficient (Wildman–Crippen LogP) is 1.02. The van der Waals surface area contributed by atoms with Gasteiger partial charge in [-0.3, -0.25) is 0 Å². The molecule has 0 unspecified atom stereocenters. The van der Waals surface area contributed by atoms with Gasteiger partial charge in [-0.15, -0.1) is 0 Å². The SMILES string of the molecule is CC(C)=CCC[C@@H](C)C[NH+](C[C@@H](C)O)C[C@@H](C)O. The van der Waals surface area contributed by atoms with E-state index in [1.165, 1.54) is 16.9 Å². The second-order valence-electron chi connectivity index (χ2n) is 6.02. The number of quaternary nitrogens is 1. The Balaban J connectivity index is 4.08. The van der Waals surface area contributed by atoms with Gasteiger partial charge in [-0.25, -0.2) is 0 Å². The van der Waals surface area contributed by atoms with Crippen LogP contribution in [-0.4, -0.2) is 42.1 Å². The number of hydrogen-bond donors (Lipinski definition) is 3. The smallest absolute Gasteiger partial charge is 0.103 e. The van der Waals surface area contributed by atoms with Gasteiger partial charge in [0.1, 0.15) is 25.3 Å². The maximum Gasteiger partial charge on any atom is 0.103 e. The number of allylic oxidation sites excluding steroid dienone is 2. The molecule has 0 spiro atoms. The number of aliphatic hydroxyl groups is 2. The molecule has 3 nitrogen and oxygen atoms in total. The van der Waals surface area contributed by atoms with Gasteiger partial charge in [-0.2, -0.15) is 0 Å². The summed E-state index contributed by atoms with van der Waals surface area (Å²) in [6.45, 7) is 12.6. The normalized spacial score (nSPS) is 16.4. The second-order valence-corrected chi connectivity index (χ2v) is 6.02.